The third kappa shape index (κ3) is 1.36. The zero-order chi connectivity index (χ0) is 9.42. The molecular formula is C10H17N3. The van der Waals surface area contributed by atoms with Crippen LogP contribution < -0.4 is 0 Å². The van der Waals surface area contributed by atoms with Gasteiger partial charge in [0.25, 0.3) is 0 Å². The van der Waals surface area contributed by atoms with E-state index in [1.165, 1.54) is 18.7 Å². The Hall–Kier alpha value is -0.860. The maximum atomic E-state index is 4.27. The van der Waals surface area contributed by atoms with E-state index in [1.807, 2.05) is 0 Å². The first-order valence-electron chi connectivity index (χ1n) is 5.13. The number of rotatable bonds is 1. The number of fused-ring (bicyclic) bond motifs is 1. The molecule has 0 fully saturated rings. The number of nitrogens with zero attached hydrogens (tertiary/aromatic N) is 3. The Morgan fingerprint density at radius 1 is 1.38 bits per heavy atom. The van der Waals surface area contributed by atoms with Crippen LogP contribution in [-0.4, -0.2) is 14.8 Å². The summed E-state index contributed by atoms with van der Waals surface area (Å²) >= 11 is 0. The van der Waals surface area contributed by atoms with Crippen LogP contribution in [0.1, 0.15) is 57.1 Å². The Kier molecular flexibility index (Phi) is 2.10. The van der Waals surface area contributed by atoms with Gasteiger partial charge in [-0.2, -0.15) is 0 Å². The van der Waals surface area contributed by atoms with Crippen molar-refractivity contribution >= 4 is 0 Å². The highest BCUT2D eigenvalue weighted by Crippen LogP contribution is 2.27. The van der Waals surface area contributed by atoms with E-state index in [0.717, 1.165) is 12.4 Å². The molecule has 1 aromatic heterocycles. The predicted octanol–water partition coefficient (Wildman–Crippen LogP) is 2.30. The van der Waals surface area contributed by atoms with E-state index in [9.17, 15) is 0 Å². The van der Waals surface area contributed by atoms with Crippen LogP contribution in [0.4, 0.5) is 0 Å². The van der Waals surface area contributed by atoms with Gasteiger partial charge in [-0.25, -0.2) is 0 Å². The summed E-state index contributed by atoms with van der Waals surface area (Å²) in [4.78, 5) is 0. The Morgan fingerprint density at radius 3 is 2.85 bits per heavy atom. The first kappa shape index (κ1) is 8.73. The van der Waals surface area contributed by atoms with E-state index >= 15 is 0 Å². The molecule has 13 heavy (non-hydrogen) atoms. The average molecular weight is 179 g/mol. The average Bonchev–Trinajstić information content (AvgIpc) is 2.48. The van der Waals surface area contributed by atoms with E-state index in [-0.39, 0.29) is 0 Å². The molecule has 0 radical (unpaired) electrons. The molecule has 1 aliphatic rings. The molecule has 1 aromatic rings. The van der Waals surface area contributed by atoms with Gasteiger partial charge in [-0.3, -0.25) is 0 Å². The summed E-state index contributed by atoms with van der Waals surface area (Å²) in [6.45, 7) is 7.71. The lowest BCUT2D eigenvalue weighted by atomic mass is 10.0. The molecule has 0 amide bonds. The van der Waals surface area contributed by atoms with Gasteiger partial charge in [-0.05, 0) is 12.8 Å². The van der Waals surface area contributed by atoms with Gasteiger partial charge in [0.15, 0.2) is 0 Å². The van der Waals surface area contributed by atoms with Gasteiger partial charge in [0.1, 0.15) is 11.6 Å². The molecule has 1 unspecified atom stereocenters. The third-order valence-corrected chi connectivity index (χ3v) is 2.78. The lowest BCUT2D eigenvalue weighted by molar-refractivity contribution is 0.449. The van der Waals surface area contributed by atoms with Crippen LogP contribution in [0.3, 0.4) is 0 Å². The molecule has 1 atom stereocenters. The lowest BCUT2D eigenvalue weighted by Gasteiger charge is -2.21. The van der Waals surface area contributed by atoms with Gasteiger partial charge < -0.3 is 4.57 Å². The molecule has 3 nitrogen and oxygen atoms in total. The zero-order valence-corrected chi connectivity index (χ0v) is 8.62. The van der Waals surface area contributed by atoms with E-state index in [0.29, 0.717) is 11.8 Å². The van der Waals surface area contributed by atoms with Crippen molar-refractivity contribution in [3.63, 3.8) is 0 Å². The number of hydrogen-bond donors (Lipinski definition) is 0. The van der Waals surface area contributed by atoms with Gasteiger partial charge in [0.2, 0.25) is 0 Å². The minimum atomic E-state index is 0.492. The summed E-state index contributed by atoms with van der Waals surface area (Å²) in [6.07, 6.45) is 2.53. The molecule has 72 valence electrons. The number of aromatic nitrogens is 3. The van der Waals surface area contributed by atoms with Crippen molar-refractivity contribution < 1.29 is 0 Å². The van der Waals surface area contributed by atoms with Crippen molar-refractivity contribution in [1.82, 2.24) is 14.8 Å². The Bertz CT molecular complexity index is 288. The molecule has 0 spiro atoms. The fourth-order valence-corrected chi connectivity index (χ4v) is 2.03. The lowest BCUT2D eigenvalue weighted by Crippen LogP contribution is -2.16. The molecule has 2 rings (SSSR count). The second kappa shape index (κ2) is 3.13. The normalized spacial score (nSPS) is 22.0. The summed E-state index contributed by atoms with van der Waals surface area (Å²) in [5.41, 5.74) is 0. The first-order chi connectivity index (χ1) is 6.20. The van der Waals surface area contributed by atoms with Crippen LogP contribution in [0.5, 0.6) is 0 Å². The topological polar surface area (TPSA) is 30.7 Å². The molecule has 2 heterocycles. The summed E-state index contributed by atoms with van der Waals surface area (Å²) in [6, 6.07) is 0. The van der Waals surface area contributed by atoms with Crippen LogP contribution in [0, 0.1) is 0 Å². The van der Waals surface area contributed by atoms with E-state index in [2.05, 4.69) is 35.5 Å². The molecule has 3 heteroatoms. The fourth-order valence-electron chi connectivity index (χ4n) is 2.03. The molecule has 0 aliphatic carbocycles. The standard InChI is InChI=1S/C10H17N3/c1-7(2)9-11-12-10-8(3)5-4-6-13(9)10/h7-8H,4-6H2,1-3H3. The highest BCUT2D eigenvalue weighted by Gasteiger charge is 2.22. The van der Waals surface area contributed by atoms with Crippen LogP contribution in [0.15, 0.2) is 0 Å². The van der Waals surface area contributed by atoms with Crippen molar-refractivity contribution in [2.75, 3.05) is 0 Å². The van der Waals surface area contributed by atoms with Crippen molar-refractivity contribution in [2.45, 2.75) is 52.0 Å². The number of hydrogen-bond acceptors (Lipinski definition) is 2. The molecule has 0 saturated carbocycles. The van der Waals surface area contributed by atoms with Crippen molar-refractivity contribution in [1.29, 1.82) is 0 Å². The van der Waals surface area contributed by atoms with Crippen molar-refractivity contribution in [3.05, 3.63) is 11.6 Å². The Morgan fingerprint density at radius 2 is 2.15 bits per heavy atom. The smallest absolute Gasteiger partial charge is 0.135 e. The molecule has 1 aliphatic heterocycles. The molecule has 0 bridgehead atoms. The van der Waals surface area contributed by atoms with E-state index in [4.69, 9.17) is 0 Å². The van der Waals surface area contributed by atoms with Crippen LogP contribution in [0.25, 0.3) is 0 Å². The third-order valence-electron chi connectivity index (χ3n) is 2.78. The van der Waals surface area contributed by atoms with Crippen LogP contribution in [0.2, 0.25) is 0 Å². The van der Waals surface area contributed by atoms with E-state index < -0.39 is 0 Å². The highest BCUT2D eigenvalue weighted by atomic mass is 15.3. The Balaban J connectivity index is 2.41. The highest BCUT2D eigenvalue weighted by molar-refractivity contribution is 5.06. The fraction of sp³-hybridized carbons (Fsp3) is 0.800. The summed E-state index contributed by atoms with van der Waals surface area (Å²) < 4.78 is 2.30. The largest absolute Gasteiger partial charge is 0.315 e. The first-order valence-corrected chi connectivity index (χ1v) is 5.13. The minimum absolute atomic E-state index is 0.492. The van der Waals surface area contributed by atoms with Gasteiger partial charge in [0, 0.05) is 18.4 Å². The quantitative estimate of drug-likeness (QED) is 0.662. The molecule has 0 N–H and O–H groups in total. The van der Waals surface area contributed by atoms with Gasteiger partial charge in [0.05, 0.1) is 0 Å². The minimum Gasteiger partial charge on any atom is -0.315 e. The predicted molar refractivity (Wildman–Crippen MR) is 51.8 cm³/mol. The maximum absolute atomic E-state index is 4.27. The van der Waals surface area contributed by atoms with Gasteiger partial charge in [-0.1, -0.05) is 20.8 Å². The monoisotopic (exact) mass is 179 g/mol. The molecular weight excluding hydrogens is 162 g/mol. The van der Waals surface area contributed by atoms with E-state index in [1.54, 1.807) is 0 Å². The molecule has 0 aromatic carbocycles. The second-order valence-electron chi connectivity index (χ2n) is 4.27. The molecule has 0 saturated heterocycles. The second-order valence-corrected chi connectivity index (χ2v) is 4.27. The maximum Gasteiger partial charge on any atom is 0.135 e. The van der Waals surface area contributed by atoms with Gasteiger partial charge >= 0.3 is 0 Å². The van der Waals surface area contributed by atoms with Crippen molar-refractivity contribution in [2.24, 2.45) is 0 Å². The van der Waals surface area contributed by atoms with Crippen LogP contribution in [-0.2, 0) is 6.54 Å². The van der Waals surface area contributed by atoms with Crippen molar-refractivity contribution in [3.8, 4) is 0 Å². The Labute approximate surface area is 79.2 Å². The summed E-state index contributed by atoms with van der Waals surface area (Å²) in [7, 11) is 0. The SMILES string of the molecule is CC(C)c1nnc2n1CCCC2C. The summed E-state index contributed by atoms with van der Waals surface area (Å²) in [5, 5.41) is 8.53. The van der Waals surface area contributed by atoms with Crippen LogP contribution >= 0.6 is 0 Å². The summed E-state index contributed by atoms with van der Waals surface area (Å²) in [5.74, 6) is 3.43. The zero-order valence-electron chi connectivity index (χ0n) is 8.62. The van der Waals surface area contributed by atoms with Gasteiger partial charge in [-0.15, -0.1) is 10.2 Å².